The second kappa shape index (κ2) is 8.72. The standard InChI is InChI=1S/C11H20O4S2/c1-4-14-10(16)17-11(2,3)6-5-9(13)15-8-7-12/h12H,4-8H2,1-3H3. The van der Waals surface area contributed by atoms with Crippen LogP contribution in [0.1, 0.15) is 33.6 Å². The van der Waals surface area contributed by atoms with Gasteiger partial charge in [0.2, 0.25) is 4.38 Å². The van der Waals surface area contributed by atoms with Crippen molar-refractivity contribution in [2.45, 2.75) is 38.4 Å². The lowest BCUT2D eigenvalue weighted by molar-refractivity contribution is -0.144. The Morgan fingerprint density at radius 3 is 2.59 bits per heavy atom. The van der Waals surface area contributed by atoms with E-state index < -0.39 is 0 Å². The molecule has 0 aliphatic carbocycles. The number of hydrogen-bond acceptors (Lipinski definition) is 6. The summed E-state index contributed by atoms with van der Waals surface area (Å²) in [5.41, 5.74) is 0. The Labute approximate surface area is 112 Å². The molecule has 0 aromatic carbocycles. The monoisotopic (exact) mass is 280 g/mol. The van der Waals surface area contributed by atoms with E-state index in [0.29, 0.717) is 23.8 Å². The van der Waals surface area contributed by atoms with Crippen LogP contribution in [0.15, 0.2) is 0 Å². The molecule has 0 atom stereocenters. The van der Waals surface area contributed by atoms with Crippen molar-refractivity contribution in [1.82, 2.24) is 0 Å². The summed E-state index contributed by atoms with van der Waals surface area (Å²) in [5, 5.41) is 8.51. The molecule has 6 heteroatoms. The van der Waals surface area contributed by atoms with Crippen molar-refractivity contribution in [3.05, 3.63) is 0 Å². The average molecular weight is 280 g/mol. The van der Waals surface area contributed by atoms with Gasteiger partial charge < -0.3 is 14.6 Å². The molecular formula is C11H20O4S2. The zero-order valence-corrected chi connectivity index (χ0v) is 12.2. The molecular weight excluding hydrogens is 260 g/mol. The number of esters is 1. The fourth-order valence-electron chi connectivity index (χ4n) is 1.06. The molecule has 0 saturated heterocycles. The Hall–Kier alpha value is -0.330. The minimum atomic E-state index is -0.296. The summed E-state index contributed by atoms with van der Waals surface area (Å²) in [6.45, 7) is 6.36. The third-order valence-corrected chi connectivity index (χ3v) is 3.32. The molecule has 0 amide bonds. The number of rotatable bonds is 7. The predicted molar refractivity (Wildman–Crippen MR) is 73.2 cm³/mol. The van der Waals surface area contributed by atoms with Gasteiger partial charge in [-0.05, 0) is 25.6 Å². The van der Waals surface area contributed by atoms with Crippen LogP contribution in [0.5, 0.6) is 0 Å². The number of carbonyl (C=O) groups excluding carboxylic acids is 1. The molecule has 0 aliphatic rings. The lowest BCUT2D eigenvalue weighted by Crippen LogP contribution is -2.20. The molecule has 100 valence electrons. The van der Waals surface area contributed by atoms with Crippen molar-refractivity contribution < 1.29 is 19.4 Å². The molecule has 0 spiro atoms. The molecule has 17 heavy (non-hydrogen) atoms. The van der Waals surface area contributed by atoms with Crippen molar-refractivity contribution >= 4 is 34.3 Å². The first-order valence-electron chi connectivity index (χ1n) is 5.53. The van der Waals surface area contributed by atoms with E-state index in [1.165, 1.54) is 11.8 Å². The molecule has 0 aromatic heterocycles. The summed E-state index contributed by atoms with van der Waals surface area (Å²) in [6.07, 6.45) is 0.962. The molecule has 0 bridgehead atoms. The normalized spacial score (nSPS) is 11.1. The molecule has 0 radical (unpaired) electrons. The van der Waals surface area contributed by atoms with Crippen LogP contribution >= 0.6 is 24.0 Å². The number of thioether (sulfide) groups is 1. The highest BCUT2D eigenvalue weighted by atomic mass is 32.2. The first-order chi connectivity index (χ1) is 7.91. The molecule has 0 aliphatic heterocycles. The molecule has 0 unspecified atom stereocenters. The Bertz CT molecular complexity index is 254. The van der Waals surface area contributed by atoms with Crippen molar-refractivity contribution in [3.63, 3.8) is 0 Å². The summed E-state index contributed by atoms with van der Waals surface area (Å²) in [5.74, 6) is -0.296. The van der Waals surface area contributed by atoms with Gasteiger partial charge in [-0.25, -0.2) is 0 Å². The fourth-order valence-corrected chi connectivity index (χ4v) is 2.69. The topological polar surface area (TPSA) is 55.8 Å². The van der Waals surface area contributed by atoms with E-state index in [-0.39, 0.29) is 23.9 Å². The number of aliphatic hydroxyl groups excluding tert-OH is 1. The van der Waals surface area contributed by atoms with Gasteiger partial charge in [-0.1, -0.05) is 25.6 Å². The number of ether oxygens (including phenoxy) is 2. The van der Waals surface area contributed by atoms with E-state index in [4.69, 9.17) is 26.8 Å². The maximum Gasteiger partial charge on any atom is 0.305 e. The lowest BCUT2D eigenvalue weighted by atomic mass is 10.1. The van der Waals surface area contributed by atoms with Crippen LogP contribution in [0.2, 0.25) is 0 Å². The third-order valence-electron chi connectivity index (χ3n) is 1.91. The van der Waals surface area contributed by atoms with E-state index in [9.17, 15) is 4.79 Å². The van der Waals surface area contributed by atoms with Crippen LogP contribution in [0.25, 0.3) is 0 Å². The van der Waals surface area contributed by atoms with Gasteiger partial charge in [-0.2, -0.15) is 0 Å². The Morgan fingerprint density at radius 2 is 2.06 bits per heavy atom. The quantitative estimate of drug-likeness (QED) is 0.569. The Balaban J connectivity index is 3.91. The molecule has 0 heterocycles. The largest absolute Gasteiger partial charge is 0.479 e. The second-order valence-electron chi connectivity index (χ2n) is 3.99. The first kappa shape index (κ1) is 16.7. The average Bonchev–Trinajstić information content (AvgIpc) is 2.23. The second-order valence-corrected chi connectivity index (χ2v) is 6.30. The first-order valence-corrected chi connectivity index (χ1v) is 6.76. The van der Waals surface area contributed by atoms with Gasteiger partial charge >= 0.3 is 5.97 Å². The summed E-state index contributed by atoms with van der Waals surface area (Å²) in [6, 6.07) is 0. The van der Waals surface area contributed by atoms with Gasteiger partial charge in [0.25, 0.3) is 0 Å². The van der Waals surface area contributed by atoms with Gasteiger partial charge in [0, 0.05) is 11.2 Å². The van der Waals surface area contributed by atoms with Crippen LogP contribution in [0.3, 0.4) is 0 Å². The van der Waals surface area contributed by atoms with Crippen molar-refractivity contribution in [3.8, 4) is 0 Å². The van der Waals surface area contributed by atoms with Crippen LogP contribution in [-0.2, 0) is 14.3 Å². The maximum atomic E-state index is 11.3. The Morgan fingerprint density at radius 1 is 1.41 bits per heavy atom. The zero-order valence-electron chi connectivity index (χ0n) is 10.5. The minimum Gasteiger partial charge on any atom is -0.479 e. The zero-order chi connectivity index (χ0) is 13.3. The predicted octanol–water partition coefficient (Wildman–Crippen LogP) is 2.14. The number of thiocarbonyl (C=S) groups is 1. The van der Waals surface area contributed by atoms with Crippen LogP contribution in [0, 0.1) is 0 Å². The SMILES string of the molecule is CCOC(=S)SC(C)(C)CCC(=O)OCCO. The number of aliphatic hydroxyl groups is 1. The van der Waals surface area contributed by atoms with Crippen LogP contribution < -0.4 is 0 Å². The molecule has 0 fully saturated rings. The summed E-state index contributed by atoms with van der Waals surface area (Å²) < 4.78 is 10.3. The fraction of sp³-hybridized carbons (Fsp3) is 0.818. The van der Waals surface area contributed by atoms with Gasteiger partial charge in [-0.3, -0.25) is 4.79 Å². The lowest BCUT2D eigenvalue weighted by Gasteiger charge is -2.23. The summed E-state index contributed by atoms with van der Waals surface area (Å²) in [4.78, 5) is 11.3. The minimum absolute atomic E-state index is 0.0593. The summed E-state index contributed by atoms with van der Waals surface area (Å²) in [7, 11) is 0. The molecule has 0 saturated carbocycles. The maximum absolute atomic E-state index is 11.3. The van der Waals surface area contributed by atoms with E-state index in [1.807, 2.05) is 20.8 Å². The molecule has 0 rings (SSSR count). The third kappa shape index (κ3) is 9.38. The van der Waals surface area contributed by atoms with E-state index in [1.54, 1.807) is 0 Å². The van der Waals surface area contributed by atoms with Gasteiger partial charge in [0.1, 0.15) is 6.61 Å². The molecule has 0 aromatic rings. The van der Waals surface area contributed by atoms with Gasteiger partial charge in [0.15, 0.2) is 0 Å². The highest BCUT2D eigenvalue weighted by Gasteiger charge is 2.23. The smallest absolute Gasteiger partial charge is 0.305 e. The van der Waals surface area contributed by atoms with E-state index in [0.717, 1.165) is 0 Å². The van der Waals surface area contributed by atoms with Gasteiger partial charge in [0.05, 0.1) is 13.2 Å². The van der Waals surface area contributed by atoms with Crippen molar-refractivity contribution in [2.75, 3.05) is 19.8 Å². The van der Waals surface area contributed by atoms with Crippen LogP contribution in [-0.4, -0.2) is 40.0 Å². The summed E-state index contributed by atoms with van der Waals surface area (Å²) >= 11 is 6.49. The highest BCUT2D eigenvalue weighted by molar-refractivity contribution is 8.23. The van der Waals surface area contributed by atoms with E-state index >= 15 is 0 Å². The number of hydrogen-bond donors (Lipinski definition) is 1. The molecule has 1 N–H and O–H groups in total. The van der Waals surface area contributed by atoms with Crippen molar-refractivity contribution in [2.24, 2.45) is 0 Å². The van der Waals surface area contributed by atoms with Gasteiger partial charge in [-0.15, -0.1) is 0 Å². The highest BCUT2D eigenvalue weighted by Crippen LogP contribution is 2.31. The van der Waals surface area contributed by atoms with Crippen molar-refractivity contribution in [1.29, 1.82) is 0 Å². The van der Waals surface area contributed by atoms with Crippen LogP contribution in [0.4, 0.5) is 0 Å². The number of carbonyl (C=O) groups is 1. The Kier molecular flexibility index (Phi) is 8.55. The molecule has 4 nitrogen and oxygen atoms in total. The van der Waals surface area contributed by atoms with E-state index in [2.05, 4.69) is 0 Å².